The Morgan fingerprint density at radius 1 is 1.17 bits per heavy atom. The average Bonchev–Trinajstić information content (AvgIpc) is 2.30. The van der Waals surface area contributed by atoms with Crippen molar-refractivity contribution in [3.8, 4) is 0 Å². The number of aliphatic hydroxyl groups excluding tert-OH is 1. The third kappa shape index (κ3) is 3.57. The second-order valence-corrected chi connectivity index (χ2v) is 5.37. The second-order valence-electron chi connectivity index (χ2n) is 5.37. The van der Waals surface area contributed by atoms with Crippen LogP contribution in [0.15, 0.2) is 0 Å². The highest BCUT2D eigenvalue weighted by Crippen LogP contribution is 2.25. The smallest absolute Gasteiger partial charge is 0.138 e. The Balaban J connectivity index is 3.07. The van der Waals surface area contributed by atoms with Crippen molar-refractivity contribution in [3.63, 3.8) is 0 Å². The lowest BCUT2D eigenvalue weighted by molar-refractivity contribution is 0.292. The van der Waals surface area contributed by atoms with Crippen molar-refractivity contribution in [1.82, 2.24) is 9.97 Å². The van der Waals surface area contributed by atoms with Crippen LogP contribution in [0.25, 0.3) is 0 Å². The van der Waals surface area contributed by atoms with Gasteiger partial charge in [-0.1, -0.05) is 20.8 Å². The van der Waals surface area contributed by atoms with Crippen molar-refractivity contribution in [1.29, 1.82) is 0 Å². The first kappa shape index (κ1) is 14.7. The summed E-state index contributed by atoms with van der Waals surface area (Å²) in [6, 6.07) is 0. The highest BCUT2D eigenvalue weighted by molar-refractivity contribution is 5.57. The van der Waals surface area contributed by atoms with Gasteiger partial charge in [0.05, 0.1) is 0 Å². The van der Waals surface area contributed by atoms with Crippen LogP contribution in [-0.2, 0) is 5.41 Å². The minimum Gasteiger partial charge on any atom is -0.396 e. The van der Waals surface area contributed by atoms with Crippen molar-refractivity contribution in [2.45, 2.75) is 39.5 Å². The van der Waals surface area contributed by atoms with E-state index in [9.17, 15) is 0 Å². The molecule has 0 spiro atoms. The molecular formula is C13H24N4O. The number of aromatic nitrogens is 2. The number of nitrogens with zero attached hydrogens (tertiary/aromatic N) is 2. The third-order valence-electron chi connectivity index (χ3n) is 2.68. The van der Waals surface area contributed by atoms with Crippen LogP contribution in [0.1, 0.15) is 38.6 Å². The zero-order chi connectivity index (χ0) is 13.8. The summed E-state index contributed by atoms with van der Waals surface area (Å²) in [7, 11) is 1.86. The van der Waals surface area contributed by atoms with Crippen LogP contribution in [0.5, 0.6) is 0 Å². The van der Waals surface area contributed by atoms with E-state index in [1.54, 1.807) is 0 Å². The number of nitrogens with one attached hydrogen (secondary N) is 2. The zero-order valence-electron chi connectivity index (χ0n) is 12.0. The normalized spacial score (nSPS) is 11.4. The highest BCUT2D eigenvalue weighted by atomic mass is 16.3. The number of aliphatic hydroxyl groups is 1. The number of rotatable bonds is 5. The van der Waals surface area contributed by atoms with Crippen LogP contribution in [0.3, 0.4) is 0 Å². The third-order valence-corrected chi connectivity index (χ3v) is 2.68. The lowest BCUT2D eigenvalue weighted by atomic mass is 9.95. The summed E-state index contributed by atoms with van der Waals surface area (Å²) >= 11 is 0. The molecule has 3 N–H and O–H groups in total. The average molecular weight is 252 g/mol. The molecule has 0 bridgehead atoms. The van der Waals surface area contributed by atoms with E-state index in [0.29, 0.717) is 13.0 Å². The largest absolute Gasteiger partial charge is 0.396 e. The van der Waals surface area contributed by atoms with Crippen LogP contribution in [0.4, 0.5) is 11.6 Å². The Hall–Kier alpha value is -1.36. The standard InChI is InChI=1S/C13H24N4O/c1-9-10(14-5)16-12(13(2,3)4)17-11(9)15-7-6-8-18/h18H,6-8H2,1-5H3,(H2,14,15,16,17). The van der Waals surface area contributed by atoms with E-state index in [4.69, 9.17) is 5.11 Å². The fraction of sp³-hybridized carbons (Fsp3) is 0.692. The Kier molecular flexibility index (Phi) is 4.90. The molecule has 0 radical (unpaired) electrons. The van der Waals surface area contributed by atoms with Gasteiger partial charge in [-0.15, -0.1) is 0 Å². The van der Waals surface area contributed by atoms with Crippen LogP contribution < -0.4 is 10.6 Å². The number of hydrogen-bond acceptors (Lipinski definition) is 5. The topological polar surface area (TPSA) is 70.1 Å². The molecule has 18 heavy (non-hydrogen) atoms. The van der Waals surface area contributed by atoms with Gasteiger partial charge in [-0.3, -0.25) is 0 Å². The van der Waals surface area contributed by atoms with Crippen molar-refractivity contribution in [2.75, 3.05) is 30.8 Å². The van der Waals surface area contributed by atoms with Crippen LogP contribution in [-0.4, -0.2) is 35.3 Å². The summed E-state index contributed by atoms with van der Waals surface area (Å²) < 4.78 is 0. The highest BCUT2D eigenvalue weighted by Gasteiger charge is 2.20. The van der Waals surface area contributed by atoms with Gasteiger partial charge < -0.3 is 15.7 Å². The Morgan fingerprint density at radius 2 is 1.78 bits per heavy atom. The summed E-state index contributed by atoms with van der Waals surface area (Å²) in [5.74, 6) is 2.50. The van der Waals surface area contributed by atoms with Crippen molar-refractivity contribution >= 4 is 11.6 Å². The Labute approximate surface area is 109 Å². The van der Waals surface area contributed by atoms with Gasteiger partial charge in [0.15, 0.2) is 0 Å². The molecule has 0 unspecified atom stereocenters. The van der Waals surface area contributed by atoms with E-state index in [1.807, 2.05) is 14.0 Å². The fourth-order valence-corrected chi connectivity index (χ4v) is 1.55. The summed E-state index contributed by atoms with van der Waals surface area (Å²) in [4.78, 5) is 9.12. The molecule has 0 aromatic carbocycles. The molecule has 0 aliphatic carbocycles. The first-order valence-electron chi connectivity index (χ1n) is 6.31. The number of hydrogen-bond donors (Lipinski definition) is 3. The van der Waals surface area contributed by atoms with Crippen molar-refractivity contribution < 1.29 is 5.11 Å². The summed E-state index contributed by atoms with van der Waals surface area (Å²) in [6.45, 7) is 9.15. The van der Waals surface area contributed by atoms with E-state index in [1.165, 1.54) is 0 Å². The van der Waals surface area contributed by atoms with Crippen LogP contribution >= 0.6 is 0 Å². The van der Waals surface area contributed by atoms with E-state index in [-0.39, 0.29) is 12.0 Å². The molecule has 0 fully saturated rings. The predicted octanol–water partition coefficient (Wildman–Crippen LogP) is 1.92. The van der Waals surface area contributed by atoms with Gasteiger partial charge in [0.2, 0.25) is 0 Å². The fourth-order valence-electron chi connectivity index (χ4n) is 1.55. The maximum Gasteiger partial charge on any atom is 0.138 e. The van der Waals surface area contributed by atoms with E-state index >= 15 is 0 Å². The van der Waals surface area contributed by atoms with Gasteiger partial charge in [-0.25, -0.2) is 9.97 Å². The molecule has 1 aromatic heterocycles. The van der Waals surface area contributed by atoms with Crippen molar-refractivity contribution in [3.05, 3.63) is 11.4 Å². The quantitative estimate of drug-likeness (QED) is 0.698. The van der Waals surface area contributed by atoms with E-state index < -0.39 is 0 Å². The molecule has 0 saturated heterocycles. The minimum absolute atomic E-state index is 0.0906. The molecule has 5 heteroatoms. The predicted molar refractivity (Wildman–Crippen MR) is 75.2 cm³/mol. The molecule has 0 saturated carbocycles. The molecule has 0 amide bonds. The van der Waals surface area contributed by atoms with E-state index in [2.05, 4.69) is 41.4 Å². The molecule has 1 rings (SSSR count). The van der Waals surface area contributed by atoms with Gasteiger partial charge >= 0.3 is 0 Å². The molecule has 0 atom stereocenters. The van der Waals surface area contributed by atoms with Crippen molar-refractivity contribution in [2.24, 2.45) is 0 Å². The van der Waals surface area contributed by atoms with Gasteiger partial charge in [-0.05, 0) is 13.3 Å². The lowest BCUT2D eigenvalue weighted by Gasteiger charge is -2.20. The Morgan fingerprint density at radius 3 is 2.28 bits per heavy atom. The van der Waals surface area contributed by atoms with Crippen LogP contribution in [0.2, 0.25) is 0 Å². The molecule has 1 heterocycles. The monoisotopic (exact) mass is 252 g/mol. The molecule has 0 aliphatic heterocycles. The van der Waals surface area contributed by atoms with Gasteiger partial charge in [0.1, 0.15) is 17.5 Å². The SMILES string of the molecule is CNc1nc(C(C)(C)C)nc(NCCCO)c1C. The molecular weight excluding hydrogens is 228 g/mol. The van der Waals surface area contributed by atoms with Crippen LogP contribution in [0, 0.1) is 6.92 Å². The zero-order valence-corrected chi connectivity index (χ0v) is 12.0. The Bertz CT molecular complexity index is 399. The molecule has 0 aliphatic rings. The summed E-state index contributed by atoms with van der Waals surface area (Å²) in [5.41, 5.74) is 0.913. The van der Waals surface area contributed by atoms with Gasteiger partial charge in [-0.2, -0.15) is 0 Å². The molecule has 1 aromatic rings. The summed E-state index contributed by atoms with van der Waals surface area (Å²) in [6.07, 6.45) is 0.711. The van der Waals surface area contributed by atoms with E-state index in [0.717, 1.165) is 23.0 Å². The molecule has 102 valence electrons. The first-order valence-corrected chi connectivity index (χ1v) is 6.31. The second kappa shape index (κ2) is 6.00. The maximum atomic E-state index is 8.81. The lowest BCUT2D eigenvalue weighted by Crippen LogP contribution is -2.19. The first-order chi connectivity index (χ1) is 8.40. The minimum atomic E-state index is -0.0906. The van der Waals surface area contributed by atoms with Gasteiger partial charge in [0, 0.05) is 31.2 Å². The molecule has 5 nitrogen and oxygen atoms in total. The number of anilines is 2. The summed E-state index contributed by atoms with van der Waals surface area (Å²) in [5, 5.41) is 15.2. The maximum absolute atomic E-state index is 8.81. The van der Waals surface area contributed by atoms with Gasteiger partial charge in [0.25, 0.3) is 0 Å².